The lowest BCUT2D eigenvalue weighted by Crippen LogP contribution is -2.52. The number of anilines is 1. The van der Waals surface area contributed by atoms with Crippen LogP contribution in [0.2, 0.25) is 0 Å². The molecular weight excluding hydrogens is 284 g/mol. The summed E-state index contributed by atoms with van der Waals surface area (Å²) in [7, 11) is 0. The minimum absolute atomic E-state index is 0.0273. The van der Waals surface area contributed by atoms with Gasteiger partial charge in [0.15, 0.2) is 0 Å². The molecule has 1 aliphatic heterocycles. The molecule has 0 unspecified atom stereocenters. The zero-order valence-corrected chi connectivity index (χ0v) is 12.5. The van der Waals surface area contributed by atoms with Gasteiger partial charge in [-0.2, -0.15) is 0 Å². The van der Waals surface area contributed by atoms with Gasteiger partial charge in [0.05, 0.1) is 4.92 Å². The summed E-state index contributed by atoms with van der Waals surface area (Å²) in [5, 5.41) is 17.6. The molecule has 0 bridgehead atoms. The second-order valence-electron chi connectivity index (χ2n) is 5.96. The number of piperazine rings is 1. The number of nitrogens with zero attached hydrogens (tertiary/aromatic N) is 2. The van der Waals surface area contributed by atoms with E-state index in [1.807, 2.05) is 6.92 Å². The molecule has 1 aromatic carbocycles. The number of rotatable bonds is 4. The number of hydrogen-bond acceptors (Lipinski definition) is 5. The van der Waals surface area contributed by atoms with Gasteiger partial charge in [-0.3, -0.25) is 14.9 Å². The molecule has 1 heterocycles. The number of amides is 1. The fraction of sp³-hybridized carbons (Fsp3) is 0.533. The number of carbonyl (C=O) groups excluding carboxylic acids is 1. The molecule has 1 saturated heterocycles. The monoisotopic (exact) mass is 304 g/mol. The first kappa shape index (κ1) is 14.8. The van der Waals surface area contributed by atoms with E-state index < -0.39 is 4.92 Å². The summed E-state index contributed by atoms with van der Waals surface area (Å²) in [5.74, 6) is -0.143. The molecule has 2 N–H and O–H groups in total. The fourth-order valence-corrected chi connectivity index (χ4v) is 2.69. The summed E-state index contributed by atoms with van der Waals surface area (Å²) in [6, 6.07) is 5.13. The van der Waals surface area contributed by atoms with E-state index in [1.54, 1.807) is 17.0 Å². The maximum atomic E-state index is 12.6. The predicted octanol–water partition coefficient (Wildman–Crippen LogP) is 1.60. The number of nitro benzene ring substituents is 1. The van der Waals surface area contributed by atoms with Crippen LogP contribution in [-0.2, 0) is 0 Å². The number of nitrogens with one attached hydrogen (secondary N) is 2. The van der Waals surface area contributed by atoms with Crippen LogP contribution < -0.4 is 10.6 Å². The Morgan fingerprint density at radius 2 is 2.23 bits per heavy atom. The van der Waals surface area contributed by atoms with Crippen molar-refractivity contribution in [2.24, 2.45) is 0 Å². The van der Waals surface area contributed by atoms with E-state index in [2.05, 4.69) is 10.6 Å². The minimum Gasteiger partial charge on any atom is -0.377 e. The zero-order chi connectivity index (χ0) is 15.7. The van der Waals surface area contributed by atoms with Crippen molar-refractivity contribution < 1.29 is 9.72 Å². The molecule has 7 heteroatoms. The SMILES string of the molecule is C[C@H]1CNCCN1C(=O)c1ccc(NC2CC2)c([N+](=O)[O-])c1. The molecular formula is C15H20N4O3. The van der Waals surface area contributed by atoms with Crippen LogP contribution in [0.3, 0.4) is 0 Å². The van der Waals surface area contributed by atoms with E-state index in [0.29, 0.717) is 23.8 Å². The van der Waals surface area contributed by atoms with Crippen LogP contribution in [-0.4, -0.2) is 47.4 Å². The number of carbonyl (C=O) groups is 1. The van der Waals surface area contributed by atoms with Crippen LogP contribution in [0.1, 0.15) is 30.1 Å². The summed E-state index contributed by atoms with van der Waals surface area (Å²) in [4.78, 5) is 25.2. The van der Waals surface area contributed by atoms with Crippen molar-refractivity contribution in [3.63, 3.8) is 0 Å². The van der Waals surface area contributed by atoms with Gasteiger partial charge in [0.25, 0.3) is 11.6 Å². The molecule has 1 amide bonds. The highest BCUT2D eigenvalue weighted by atomic mass is 16.6. The molecule has 0 spiro atoms. The molecule has 118 valence electrons. The Morgan fingerprint density at radius 1 is 1.45 bits per heavy atom. The predicted molar refractivity (Wildman–Crippen MR) is 83.1 cm³/mol. The topological polar surface area (TPSA) is 87.5 Å². The Labute approximate surface area is 128 Å². The Bertz CT molecular complexity index is 600. The summed E-state index contributed by atoms with van der Waals surface area (Å²) in [6.07, 6.45) is 2.08. The van der Waals surface area contributed by atoms with Gasteiger partial charge >= 0.3 is 0 Å². The third kappa shape index (κ3) is 3.04. The van der Waals surface area contributed by atoms with Gasteiger partial charge in [-0.25, -0.2) is 0 Å². The van der Waals surface area contributed by atoms with Gasteiger partial charge in [-0.05, 0) is 31.9 Å². The van der Waals surface area contributed by atoms with E-state index in [9.17, 15) is 14.9 Å². The Balaban J connectivity index is 1.85. The highest BCUT2D eigenvalue weighted by Gasteiger charge is 2.28. The molecule has 1 saturated carbocycles. The normalized spacial score (nSPS) is 21.5. The lowest BCUT2D eigenvalue weighted by Gasteiger charge is -2.34. The standard InChI is InChI=1S/C15H20N4O3/c1-10-9-16-6-7-18(10)15(20)11-2-5-13(17-12-3-4-12)14(8-11)19(21)22/h2,5,8,10,12,16-17H,3-4,6-7,9H2,1H3/t10-/m0/s1. The van der Waals surface area contributed by atoms with Gasteiger partial charge in [0.1, 0.15) is 5.69 Å². The molecule has 3 rings (SSSR count). The summed E-state index contributed by atoms with van der Waals surface area (Å²) in [6.45, 7) is 4.09. The lowest BCUT2D eigenvalue weighted by atomic mass is 10.1. The van der Waals surface area contributed by atoms with Gasteiger partial charge in [0, 0.05) is 43.3 Å². The summed E-state index contributed by atoms with van der Waals surface area (Å²) >= 11 is 0. The fourth-order valence-electron chi connectivity index (χ4n) is 2.69. The quantitative estimate of drug-likeness (QED) is 0.651. The first-order chi connectivity index (χ1) is 10.6. The van der Waals surface area contributed by atoms with Crippen molar-refractivity contribution in [1.82, 2.24) is 10.2 Å². The highest BCUT2D eigenvalue weighted by Crippen LogP contribution is 2.32. The molecule has 1 aliphatic carbocycles. The Morgan fingerprint density at radius 3 is 2.86 bits per heavy atom. The van der Waals surface area contributed by atoms with Crippen molar-refractivity contribution in [3.8, 4) is 0 Å². The molecule has 22 heavy (non-hydrogen) atoms. The maximum absolute atomic E-state index is 12.6. The van der Waals surface area contributed by atoms with E-state index >= 15 is 0 Å². The first-order valence-corrected chi connectivity index (χ1v) is 7.63. The van der Waals surface area contributed by atoms with Crippen LogP contribution in [0, 0.1) is 10.1 Å². The average molecular weight is 304 g/mol. The largest absolute Gasteiger partial charge is 0.377 e. The van der Waals surface area contributed by atoms with Crippen LogP contribution in [0.5, 0.6) is 0 Å². The second kappa shape index (κ2) is 5.92. The highest BCUT2D eigenvalue weighted by molar-refractivity contribution is 5.96. The van der Waals surface area contributed by atoms with E-state index in [1.165, 1.54) is 6.07 Å². The third-order valence-corrected chi connectivity index (χ3v) is 4.14. The van der Waals surface area contributed by atoms with E-state index in [0.717, 1.165) is 25.9 Å². The summed E-state index contributed by atoms with van der Waals surface area (Å²) < 4.78 is 0. The van der Waals surface area contributed by atoms with Gasteiger partial charge in [0.2, 0.25) is 0 Å². The Hall–Kier alpha value is -2.15. The number of benzene rings is 1. The molecule has 0 aromatic heterocycles. The van der Waals surface area contributed by atoms with Crippen molar-refractivity contribution in [3.05, 3.63) is 33.9 Å². The molecule has 2 aliphatic rings. The molecule has 0 radical (unpaired) electrons. The van der Waals surface area contributed by atoms with E-state index in [4.69, 9.17) is 0 Å². The van der Waals surface area contributed by atoms with Crippen molar-refractivity contribution in [2.45, 2.75) is 31.8 Å². The number of hydrogen-bond donors (Lipinski definition) is 2. The third-order valence-electron chi connectivity index (χ3n) is 4.14. The molecule has 1 aromatic rings. The van der Waals surface area contributed by atoms with E-state index in [-0.39, 0.29) is 17.6 Å². The van der Waals surface area contributed by atoms with Crippen LogP contribution in [0.15, 0.2) is 18.2 Å². The van der Waals surface area contributed by atoms with Gasteiger partial charge < -0.3 is 15.5 Å². The van der Waals surface area contributed by atoms with Crippen molar-refractivity contribution in [2.75, 3.05) is 25.0 Å². The second-order valence-corrected chi connectivity index (χ2v) is 5.96. The lowest BCUT2D eigenvalue weighted by molar-refractivity contribution is -0.384. The summed E-state index contributed by atoms with van der Waals surface area (Å²) in [5.41, 5.74) is 0.847. The van der Waals surface area contributed by atoms with Gasteiger partial charge in [-0.1, -0.05) is 0 Å². The molecule has 1 atom stereocenters. The average Bonchev–Trinajstić information content (AvgIpc) is 3.31. The molecule has 7 nitrogen and oxygen atoms in total. The number of nitro groups is 1. The first-order valence-electron chi connectivity index (χ1n) is 7.63. The minimum atomic E-state index is -0.428. The van der Waals surface area contributed by atoms with Crippen molar-refractivity contribution in [1.29, 1.82) is 0 Å². The smallest absolute Gasteiger partial charge is 0.293 e. The van der Waals surface area contributed by atoms with Crippen LogP contribution in [0.25, 0.3) is 0 Å². The zero-order valence-electron chi connectivity index (χ0n) is 12.5. The van der Waals surface area contributed by atoms with Gasteiger partial charge in [-0.15, -0.1) is 0 Å². The maximum Gasteiger partial charge on any atom is 0.293 e. The molecule has 2 fully saturated rings. The van der Waals surface area contributed by atoms with Crippen molar-refractivity contribution >= 4 is 17.3 Å². The Kier molecular flexibility index (Phi) is 3.98. The van der Waals surface area contributed by atoms with Crippen LogP contribution in [0.4, 0.5) is 11.4 Å². The van der Waals surface area contributed by atoms with Crippen LogP contribution >= 0.6 is 0 Å².